The lowest BCUT2D eigenvalue weighted by molar-refractivity contribution is -0.141. The van der Waals surface area contributed by atoms with Gasteiger partial charge in [0.1, 0.15) is 34.1 Å². The van der Waals surface area contributed by atoms with Crippen LogP contribution in [0.4, 0.5) is 14.4 Å². The average Bonchev–Trinajstić information content (AvgIpc) is 1.51. The highest BCUT2D eigenvalue weighted by Gasteiger charge is 2.62. The van der Waals surface area contributed by atoms with Crippen LogP contribution >= 0.6 is 58.5 Å². The molecule has 6 aromatic carbocycles. The second-order valence-corrected chi connectivity index (χ2v) is 31.2. The minimum atomic E-state index is -0.970. The molecule has 6 fully saturated rings. The molecule has 12 rings (SSSR count). The lowest BCUT2D eigenvalue weighted by atomic mass is 9.74. The van der Waals surface area contributed by atoms with E-state index in [1.54, 1.807) is 33.3 Å². The van der Waals surface area contributed by atoms with Crippen LogP contribution in [0.2, 0.25) is 0 Å². The highest BCUT2D eigenvalue weighted by atomic mass is 35.5. The van der Waals surface area contributed by atoms with Crippen LogP contribution in [0, 0.1) is 37.0 Å². The summed E-state index contributed by atoms with van der Waals surface area (Å²) in [5.41, 5.74) is 3.78. The minimum Gasteiger partial charge on any atom is -0.497 e. The zero-order chi connectivity index (χ0) is 77.3. The summed E-state index contributed by atoms with van der Waals surface area (Å²) in [6.07, 6.45) is 25.6. The zero-order valence-corrected chi connectivity index (χ0v) is 65.9. The van der Waals surface area contributed by atoms with E-state index in [1.165, 1.54) is 14.2 Å². The SMILES string of the molecule is C#CCN1C(=O)N(C(c2ccccc2)(c2ccc(OC)cc2)c2ccc(OC)cc2)C2CSC(CCCCC(=O)O)C21.C#CCN1C(=O)N(C(c2ccccc2)(c2ccc(OC)cc2)c2ccc(OC)cc2)C2CSC(CCCCC(=O)OC)C21.C#CCN1C(=O)NC2CSC(CCCCC(=O)OC)C21.ClCCl. The Balaban J connectivity index is 0.000000195. The summed E-state index contributed by atoms with van der Waals surface area (Å²) < 4.78 is 31.5. The number of halogens is 2. The van der Waals surface area contributed by atoms with Crippen molar-refractivity contribution in [3.8, 4) is 60.0 Å². The molecule has 19 nitrogen and oxygen atoms in total. The van der Waals surface area contributed by atoms with Gasteiger partial charge in [-0.05, 0) is 120 Å². The molecule has 6 aliphatic rings. The number of benzene rings is 6. The van der Waals surface area contributed by atoms with Crippen molar-refractivity contribution in [3.63, 3.8) is 0 Å². The van der Waals surface area contributed by atoms with E-state index in [0.29, 0.717) is 31.1 Å². The van der Waals surface area contributed by atoms with E-state index in [4.69, 9.17) is 71.3 Å². The monoisotopic (exact) mass is 1560 g/mol. The molecular formula is C84H96Cl2N6O13S3. The number of carbonyl (C=O) groups is 6. The van der Waals surface area contributed by atoms with E-state index >= 15 is 0 Å². The molecule has 6 aromatic rings. The number of hydrogen-bond donors (Lipinski definition) is 2. The number of nitrogens with zero attached hydrogens (tertiary/aromatic N) is 5. The number of ether oxygens (including phenoxy) is 6. The number of hydrogen-bond acceptors (Lipinski definition) is 15. The number of unbranched alkanes of at least 4 members (excludes halogenated alkanes) is 3. The number of carboxylic acids is 1. The van der Waals surface area contributed by atoms with Crippen molar-refractivity contribution in [1.82, 2.24) is 29.8 Å². The van der Waals surface area contributed by atoms with Crippen LogP contribution < -0.4 is 24.3 Å². The maximum atomic E-state index is 14.8. The highest BCUT2D eigenvalue weighted by molar-refractivity contribution is 8.00. The number of urea groups is 3. The lowest BCUT2D eigenvalue weighted by Crippen LogP contribution is -2.54. The van der Waals surface area contributed by atoms with Crippen LogP contribution in [0.15, 0.2) is 158 Å². The molecule has 0 aliphatic carbocycles. The summed E-state index contributed by atoms with van der Waals surface area (Å²) in [7, 11) is 9.41. The molecule has 572 valence electrons. The number of aliphatic carboxylic acids is 1. The van der Waals surface area contributed by atoms with Gasteiger partial charge in [0.2, 0.25) is 0 Å². The second kappa shape index (κ2) is 40.5. The Kier molecular flexibility index (Phi) is 31.1. The number of methoxy groups -OCH3 is 6. The number of carbonyl (C=O) groups excluding carboxylic acids is 5. The van der Waals surface area contributed by atoms with Gasteiger partial charge >= 0.3 is 36.0 Å². The number of carboxylic acid groups (broad SMARTS) is 1. The molecular weight excluding hydrogens is 1470 g/mol. The van der Waals surface area contributed by atoms with E-state index in [9.17, 15) is 28.8 Å². The molecule has 6 aliphatic heterocycles. The lowest BCUT2D eigenvalue weighted by Gasteiger charge is -2.45. The summed E-state index contributed by atoms with van der Waals surface area (Å²) in [4.78, 5) is 84.8. The fraction of sp³-hybridized carbons (Fsp3) is 0.429. The highest BCUT2D eigenvalue weighted by Crippen LogP contribution is 2.54. The molecule has 9 atom stereocenters. The topological polar surface area (TPSA) is 206 Å². The Morgan fingerprint density at radius 1 is 0.454 bits per heavy atom. The molecule has 24 heteroatoms. The molecule has 108 heavy (non-hydrogen) atoms. The third kappa shape index (κ3) is 18.5. The van der Waals surface area contributed by atoms with Crippen molar-refractivity contribution in [3.05, 3.63) is 191 Å². The molecule has 6 saturated heterocycles. The third-order valence-corrected chi connectivity index (χ3v) is 25.2. The standard InChI is InChI=1S/C35H38N2O5S.C34H36N2O5S.C14H20N2O3S.CH2Cl2/c1-5-23-36-33-30(24-43-31(33)13-9-10-14-32(38)42-4)37(34(36)39)35(25-11-7-6-8-12-25,26-15-19-28(40-2)20-16-26)27-17-21-29(41-3)22-18-27;1-4-22-35-32-29(23-42-30(32)12-8-9-13-31(37)38)36(33(35)39)34(24-10-6-5-7-11-24,25-14-18-27(40-2)19-15-25)26-16-20-28(41-3)21-17-26;1-3-8-16-13-10(15-14(16)18)9-20-11(13)6-4-5-7-12(17)19-2;2-1-3/h1,6-8,11-12,15-22,30-31,33H,9-10,13-14,23-24H2,2-4H3;1,5-7,10-11,14-21,29-30,32H,8-9,12-13,22-23H2,2-3H3,(H,37,38);1,10-11,13H,4-9H2,2H3,(H,15,18);1H2. The molecule has 9 unspecified atom stereocenters. The van der Waals surface area contributed by atoms with Crippen LogP contribution in [0.25, 0.3) is 0 Å². The number of amides is 6. The van der Waals surface area contributed by atoms with Gasteiger partial charge in [0.05, 0.1) is 104 Å². The first-order chi connectivity index (χ1) is 52.5. The Labute approximate surface area is 658 Å². The van der Waals surface area contributed by atoms with Crippen molar-refractivity contribution >= 4 is 94.5 Å². The quantitative estimate of drug-likeness (QED) is 0.0107. The summed E-state index contributed by atoms with van der Waals surface area (Å²) in [5.74, 6) is 12.3. The molecule has 0 radical (unpaired) electrons. The van der Waals surface area contributed by atoms with E-state index in [0.717, 1.165) is 125 Å². The summed E-state index contributed by atoms with van der Waals surface area (Å²) in [5, 5.41) is 13.1. The minimum absolute atomic E-state index is 0.0437. The van der Waals surface area contributed by atoms with Crippen LogP contribution in [0.3, 0.4) is 0 Å². The summed E-state index contributed by atoms with van der Waals surface area (Å²) in [6, 6.07) is 52.0. The molecule has 0 aromatic heterocycles. The number of nitrogens with one attached hydrogen (secondary N) is 1. The normalized spacial score (nSPS) is 20.8. The number of terminal acetylenes is 3. The first kappa shape index (κ1) is 83.1. The first-order valence-corrected chi connectivity index (χ1v) is 40.3. The fourth-order valence-electron chi connectivity index (χ4n) is 16.0. The number of thioether (sulfide) groups is 3. The Hall–Kier alpha value is -8.95. The van der Waals surface area contributed by atoms with Crippen molar-refractivity contribution in [2.45, 2.75) is 140 Å². The van der Waals surface area contributed by atoms with Gasteiger partial charge in [0.25, 0.3) is 0 Å². The maximum absolute atomic E-state index is 14.8. The van der Waals surface area contributed by atoms with Gasteiger partial charge in [-0.25, -0.2) is 14.4 Å². The maximum Gasteiger partial charge on any atom is 0.322 e. The van der Waals surface area contributed by atoms with E-state index in [1.807, 2.05) is 154 Å². The van der Waals surface area contributed by atoms with E-state index < -0.39 is 17.0 Å². The predicted octanol–water partition coefficient (Wildman–Crippen LogP) is 14.5. The van der Waals surface area contributed by atoms with Gasteiger partial charge in [-0.2, -0.15) is 35.3 Å². The van der Waals surface area contributed by atoms with Crippen molar-refractivity contribution in [2.75, 3.05) is 84.9 Å². The summed E-state index contributed by atoms with van der Waals surface area (Å²) >= 11 is 15.2. The van der Waals surface area contributed by atoms with Gasteiger partial charge in [0.15, 0.2) is 0 Å². The van der Waals surface area contributed by atoms with Crippen LogP contribution in [0.1, 0.15) is 110 Å². The van der Waals surface area contributed by atoms with Gasteiger partial charge in [-0.1, -0.05) is 146 Å². The molecule has 6 amide bonds. The van der Waals surface area contributed by atoms with Gasteiger partial charge < -0.3 is 63.3 Å². The number of esters is 2. The molecule has 0 spiro atoms. The van der Waals surface area contributed by atoms with Crippen molar-refractivity contribution in [2.24, 2.45) is 0 Å². The Morgan fingerprint density at radius 3 is 1.07 bits per heavy atom. The smallest absolute Gasteiger partial charge is 0.322 e. The van der Waals surface area contributed by atoms with Crippen LogP contribution in [-0.2, 0) is 34.9 Å². The first-order valence-electron chi connectivity index (χ1n) is 36.1. The number of rotatable bonds is 30. The average molecular weight is 1560 g/mol. The number of fused-ring (bicyclic) bond motifs is 3. The van der Waals surface area contributed by atoms with Gasteiger partial charge in [-0.15, -0.1) is 42.5 Å². The molecule has 6 heterocycles. The van der Waals surface area contributed by atoms with Gasteiger partial charge in [0, 0.05) is 52.3 Å². The fourth-order valence-corrected chi connectivity index (χ4v) is 20.9. The van der Waals surface area contributed by atoms with Crippen molar-refractivity contribution < 1.29 is 62.3 Å². The van der Waals surface area contributed by atoms with E-state index in [2.05, 4.69) is 86.1 Å². The Morgan fingerprint density at radius 2 is 0.759 bits per heavy atom. The molecule has 0 saturated carbocycles. The van der Waals surface area contributed by atoms with Crippen LogP contribution in [0.5, 0.6) is 23.0 Å². The predicted molar refractivity (Wildman–Crippen MR) is 429 cm³/mol. The van der Waals surface area contributed by atoms with Crippen molar-refractivity contribution in [1.29, 1.82) is 0 Å². The molecule has 2 N–H and O–H groups in total. The molecule has 0 bridgehead atoms. The largest absolute Gasteiger partial charge is 0.497 e. The van der Waals surface area contributed by atoms with E-state index in [-0.39, 0.29) is 102 Å². The third-order valence-electron chi connectivity index (χ3n) is 20.8. The number of alkyl halides is 2. The van der Waals surface area contributed by atoms with Gasteiger partial charge in [-0.3, -0.25) is 14.4 Å². The Bertz CT molecular complexity index is 3980. The van der Waals surface area contributed by atoms with Crippen LogP contribution in [-0.4, -0.2) is 202 Å². The zero-order valence-electron chi connectivity index (χ0n) is 61.9. The summed E-state index contributed by atoms with van der Waals surface area (Å²) in [6.45, 7) is 0.802. The second-order valence-electron chi connectivity index (χ2n) is 26.5.